The Labute approximate surface area is 175 Å². The Morgan fingerprint density at radius 1 is 1.03 bits per heavy atom. The van der Waals surface area contributed by atoms with Crippen LogP contribution in [0.3, 0.4) is 0 Å². The van der Waals surface area contributed by atoms with Crippen molar-refractivity contribution in [3.05, 3.63) is 70.1 Å². The lowest BCUT2D eigenvalue weighted by atomic mass is 10.0. The van der Waals surface area contributed by atoms with Gasteiger partial charge in [0.05, 0.1) is 29.8 Å². The van der Waals surface area contributed by atoms with Crippen LogP contribution in [0.15, 0.2) is 53.3 Å². The number of aliphatic hydroxyl groups is 3. The summed E-state index contributed by atoms with van der Waals surface area (Å²) in [5.74, 6) is 0. The molecule has 4 rings (SSSR count). The van der Waals surface area contributed by atoms with Gasteiger partial charge in [-0.3, -0.25) is 4.57 Å². The van der Waals surface area contributed by atoms with E-state index in [0.29, 0.717) is 6.54 Å². The lowest BCUT2D eigenvalue weighted by Gasteiger charge is -2.34. The minimum Gasteiger partial charge on any atom is -0.392 e. The molecule has 2 atom stereocenters. The Morgan fingerprint density at radius 3 is 2.43 bits per heavy atom. The van der Waals surface area contributed by atoms with Crippen molar-refractivity contribution >= 4 is 11.0 Å². The standard InChI is InChI=1S/C23H29N3O4/c27-15-16-5-7-17(8-6-16)22(29)13-19(28)14-25-11-9-18(10-12-25)26-21-4-2-1-3-20(21)24-23(26)30/h1-8,18-19,22,27-29H,9-15H2,(H,24,30)/t19-,22+/m1/s1. The van der Waals surface area contributed by atoms with Gasteiger partial charge in [0.2, 0.25) is 0 Å². The van der Waals surface area contributed by atoms with Crippen molar-refractivity contribution in [2.24, 2.45) is 0 Å². The van der Waals surface area contributed by atoms with Gasteiger partial charge in [0.1, 0.15) is 0 Å². The van der Waals surface area contributed by atoms with Gasteiger partial charge in [-0.1, -0.05) is 36.4 Å². The van der Waals surface area contributed by atoms with E-state index in [9.17, 15) is 15.0 Å². The molecule has 160 valence electrons. The first-order valence-electron chi connectivity index (χ1n) is 10.5. The highest BCUT2D eigenvalue weighted by molar-refractivity contribution is 5.75. The molecule has 1 aliphatic rings. The predicted molar refractivity (Wildman–Crippen MR) is 115 cm³/mol. The van der Waals surface area contributed by atoms with Crippen LogP contribution in [-0.2, 0) is 6.61 Å². The summed E-state index contributed by atoms with van der Waals surface area (Å²) in [7, 11) is 0. The maximum absolute atomic E-state index is 12.4. The molecule has 0 radical (unpaired) electrons. The van der Waals surface area contributed by atoms with Crippen LogP contribution in [0.5, 0.6) is 0 Å². The zero-order valence-electron chi connectivity index (χ0n) is 16.9. The number of benzene rings is 2. The minimum atomic E-state index is -0.741. The molecule has 0 amide bonds. The maximum atomic E-state index is 12.4. The van der Waals surface area contributed by atoms with Crippen molar-refractivity contribution < 1.29 is 15.3 Å². The SMILES string of the molecule is O=c1[nH]c2ccccc2n1C1CCN(C[C@H](O)C[C@H](O)c2ccc(CO)cc2)CC1. The Morgan fingerprint density at radius 2 is 1.73 bits per heavy atom. The van der Waals surface area contributed by atoms with E-state index in [4.69, 9.17) is 5.11 Å². The number of nitrogens with zero attached hydrogens (tertiary/aromatic N) is 2. The van der Waals surface area contributed by atoms with Crippen LogP contribution in [0.25, 0.3) is 11.0 Å². The molecule has 1 saturated heterocycles. The number of aromatic nitrogens is 2. The number of H-pyrrole nitrogens is 1. The van der Waals surface area contributed by atoms with Gasteiger partial charge in [0.25, 0.3) is 0 Å². The lowest BCUT2D eigenvalue weighted by molar-refractivity contribution is 0.0445. The van der Waals surface area contributed by atoms with Crippen molar-refractivity contribution in [2.45, 2.75) is 44.1 Å². The summed E-state index contributed by atoms with van der Waals surface area (Å²) in [5, 5.41) is 30.0. The fraction of sp³-hybridized carbons (Fsp3) is 0.435. The molecule has 2 heterocycles. The Kier molecular flexibility index (Phi) is 6.34. The molecular weight excluding hydrogens is 382 g/mol. The fourth-order valence-corrected chi connectivity index (χ4v) is 4.41. The van der Waals surface area contributed by atoms with E-state index in [1.165, 1.54) is 0 Å². The van der Waals surface area contributed by atoms with Gasteiger partial charge in [-0.15, -0.1) is 0 Å². The summed E-state index contributed by atoms with van der Waals surface area (Å²) >= 11 is 0. The Bertz CT molecular complexity index is 1020. The maximum Gasteiger partial charge on any atom is 0.326 e. The van der Waals surface area contributed by atoms with Crippen molar-refractivity contribution in [2.75, 3.05) is 19.6 Å². The molecule has 7 nitrogen and oxygen atoms in total. The van der Waals surface area contributed by atoms with E-state index in [-0.39, 0.29) is 24.8 Å². The van der Waals surface area contributed by atoms with Crippen LogP contribution in [0, 0.1) is 0 Å². The van der Waals surface area contributed by atoms with Gasteiger partial charge < -0.3 is 25.2 Å². The molecule has 2 aromatic carbocycles. The molecule has 0 aliphatic carbocycles. The molecule has 1 aliphatic heterocycles. The van der Waals surface area contributed by atoms with Gasteiger partial charge in [0.15, 0.2) is 0 Å². The van der Waals surface area contributed by atoms with Crippen molar-refractivity contribution in [1.29, 1.82) is 0 Å². The average Bonchev–Trinajstić information content (AvgIpc) is 3.10. The summed E-state index contributed by atoms with van der Waals surface area (Å²) in [5.41, 5.74) is 3.27. The van der Waals surface area contributed by atoms with Crippen LogP contribution < -0.4 is 5.69 Å². The summed E-state index contributed by atoms with van der Waals surface area (Å²) in [6.45, 7) is 2.07. The predicted octanol–water partition coefficient (Wildman–Crippen LogP) is 1.94. The van der Waals surface area contributed by atoms with E-state index < -0.39 is 12.2 Å². The quantitative estimate of drug-likeness (QED) is 0.476. The monoisotopic (exact) mass is 411 g/mol. The molecule has 0 unspecified atom stereocenters. The average molecular weight is 412 g/mol. The highest BCUT2D eigenvalue weighted by Crippen LogP contribution is 2.26. The van der Waals surface area contributed by atoms with Crippen molar-refractivity contribution in [1.82, 2.24) is 14.5 Å². The number of aliphatic hydroxyl groups excluding tert-OH is 3. The largest absolute Gasteiger partial charge is 0.392 e. The van der Waals surface area contributed by atoms with E-state index in [1.54, 1.807) is 24.3 Å². The highest BCUT2D eigenvalue weighted by atomic mass is 16.3. The molecule has 7 heteroatoms. The summed E-state index contributed by atoms with van der Waals surface area (Å²) < 4.78 is 1.86. The number of likely N-dealkylation sites (tertiary alicyclic amines) is 1. The fourth-order valence-electron chi connectivity index (χ4n) is 4.41. The van der Waals surface area contributed by atoms with E-state index in [0.717, 1.165) is 48.1 Å². The molecule has 0 saturated carbocycles. The van der Waals surface area contributed by atoms with E-state index in [2.05, 4.69) is 9.88 Å². The number of aromatic amines is 1. The number of rotatable bonds is 7. The van der Waals surface area contributed by atoms with Gasteiger partial charge >= 0.3 is 5.69 Å². The zero-order valence-corrected chi connectivity index (χ0v) is 16.9. The number of β-amino-alcohol motifs (C(OH)–C–C–N with tert-alkyl or cyclic N) is 1. The number of para-hydroxylation sites is 2. The Hall–Kier alpha value is -2.45. The first-order chi connectivity index (χ1) is 14.5. The summed E-state index contributed by atoms with van der Waals surface area (Å²) in [6.07, 6.45) is 0.583. The highest BCUT2D eigenvalue weighted by Gasteiger charge is 2.25. The second-order valence-electron chi connectivity index (χ2n) is 8.15. The molecule has 1 fully saturated rings. The third kappa shape index (κ3) is 4.49. The van der Waals surface area contributed by atoms with Crippen LogP contribution >= 0.6 is 0 Å². The van der Waals surface area contributed by atoms with Crippen LogP contribution in [0.1, 0.15) is 42.5 Å². The topological polar surface area (TPSA) is 102 Å². The number of hydrogen-bond donors (Lipinski definition) is 4. The number of piperidine rings is 1. The van der Waals surface area contributed by atoms with Gasteiger partial charge in [0, 0.05) is 32.1 Å². The van der Waals surface area contributed by atoms with E-state index >= 15 is 0 Å². The second-order valence-corrected chi connectivity index (χ2v) is 8.15. The zero-order chi connectivity index (χ0) is 21.1. The van der Waals surface area contributed by atoms with Gasteiger partial charge in [-0.2, -0.15) is 0 Å². The molecule has 0 bridgehead atoms. The number of nitrogens with one attached hydrogen (secondary N) is 1. The van der Waals surface area contributed by atoms with Gasteiger partial charge in [-0.25, -0.2) is 4.79 Å². The Balaban J connectivity index is 1.31. The molecule has 0 spiro atoms. The van der Waals surface area contributed by atoms with Gasteiger partial charge in [-0.05, 0) is 36.1 Å². The van der Waals surface area contributed by atoms with Crippen LogP contribution in [-0.4, -0.2) is 55.5 Å². The first kappa shape index (κ1) is 20.8. The third-order valence-electron chi connectivity index (χ3n) is 6.06. The summed E-state index contributed by atoms with van der Waals surface area (Å²) in [6, 6.07) is 15.0. The second kappa shape index (κ2) is 9.14. The lowest BCUT2D eigenvalue weighted by Crippen LogP contribution is -2.41. The normalized spacial score (nSPS) is 18.0. The first-order valence-corrected chi connectivity index (χ1v) is 10.5. The van der Waals surface area contributed by atoms with E-state index in [1.807, 2.05) is 28.8 Å². The number of hydrogen-bond acceptors (Lipinski definition) is 5. The summed E-state index contributed by atoms with van der Waals surface area (Å²) in [4.78, 5) is 17.5. The molecule has 3 aromatic rings. The molecule has 30 heavy (non-hydrogen) atoms. The van der Waals surface area contributed by atoms with Crippen LogP contribution in [0.4, 0.5) is 0 Å². The van der Waals surface area contributed by atoms with Crippen molar-refractivity contribution in [3.8, 4) is 0 Å². The third-order valence-corrected chi connectivity index (χ3v) is 6.06. The van der Waals surface area contributed by atoms with Crippen LogP contribution in [0.2, 0.25) is 0 Å². The molecule has 1 aromatic heterocycles. The minimum absolute atomic E-state index is 0.0281. The number of fused-ring (bicyclic) bond motifs is 1. The number of imidazole rings is 1. The molecule has 4 N–H and O–H groups in total. The molecular formula is C23H29N3O4. The smallest absolute Gasteiger partial charge is 0.326 e. The van der Waals surface area contributed by atoms with Crippen molar-refractivity contribution in [3.63, 3.8) is 0 Å².